The highest BCUT2D eigenvalue weighted by Gasteiger charge is 2.60. The Morgan fingerprint density at radius 3 is 2.83 bits per heavy atom. The van der Waals surface area contributed by atoms with Crippen molar-refractivity contribution in [2.24, 2.45) is 34.5 Å². The van der Waals surface area contributed by atoms with Crippen LogP contribution in [0.3, 0.4) is 0 Å². The minimum atomic E-state index is -0.284. The molecule has 7 atom stereocenters. The number of hydrogen-bond donors (Lipinski definition) is 1. The lowest BCUT2D eigenvalue weighted by atomic mass is 9.47. The predicted molar refractivity (Wildman–Crippen MR) is 91.7 cm³/mol. The molecule has 0 saturated heterocycles. The van der Waals surface area contributed by atoms with E-state index < -0.39 is 0 Å². The summed E-state index contributed by atoms with van der Waals surface area (Å²) in [7, 11) is 0. The molecule has 23 heavy (non-hydrogen) atoms. The Labute approximate surface area is 139 Å². The van der Waals surface area contributed by atoms with Gasteiger partial charge >= 0.3 is 0 Å². The summed E-state index contributed by atoms with van der Waals surface area (Å²) >= 11 is 0. The van der Waals surface area contributed by atoms with Gasteiger partial charge in [0.2, 0.25) is 0 Å². The van der Waals surface area contributed by atoms with Gasteiger partial charge in [-0.2, -0.15) is 0 Å². The number of hydrogen-bond acceptors (Lipinski definition) is 2. The molecule has 2 heteroatoms. The fraction of sp³-hybridized carbons (Fsp3) is 0.667. The van der Waals surface area contributed by atoms with Crippen LogP contribution in [0.2, 0.25) is 0 Å². The molecule has 0 spiro atoms. The maximum atomic E-state index is 11.8. The van der Waals surface area contributed by atoms with Crippen LogP contribution >= 0.6 is 0 Å². The van der Waals surface area contributed by atoms with Crippen molar-refractivity contribution in [3.63, 3.8) is 0 Å². The van der Waals surface area contributed by atoms with E-state index >= 15 is 0 Å². The molecule has 2 nitrogen and oxygen atoms in total. The second-order valence-electron chi connectivity index (χ2n) is 8.72. The van der Waals surface area contributed by atoms with E-state index in [1.165, 1.54) is 18.4 Å². The molecule has 0 amide bonds. The molecule has 0 aromatic carbocycles. The molecule has 0 bridgehead atoms. The molecule has 0 unspecified atom stereocenters. The number of carbonyl (C=O) groups excluding carboxylic acids is 1. The van der Waals surface area contributed by atoms with E-state index in [1.807, 2.05) is 6.08 Å². The molecular weight excluding hydrogens is 284 g/mol. The van der Waals surface area contributed by atoms with E-state index in [-0.39, 0.29) is 28.6 Å². The van der Waals surface area contributed by atoms with Gasteiger partial charge in [-0.05, 0) is 67.4 Å². The van der Waals surface area contributed by atoms with Crippen LogP contribution in [0.15, 0.2) is 36.5 Å². The molecule has 4 aliphatic rings. The summed E-state index contributed by atoms with van der Waals surface area (Å²) in [5.41, 5.74) is 1.31. The van der Waals surface area contributed by atoms with Gasteiger partial charge in [-0.15, -0.1) is 6.58 Å². The van der Waals surface area contributed by atoms with Gasteiger partial charge in [0.1, 0.15) is 0 Å². The third-order valence-corrected chi connectivity index (χ3v) is 7.85. The molecule has 0 aliphatic heterocycles. The minimum Gasteiger partial charge on any atom is -0.393 e. The summed E-state index contributed by atoms with van der Waals surface area (Å²) < 4.78 is 0. The van der Waals surface area contributed by atoms with Crippen molar-refractivity contribution < 1.29 is 9.90 Å². The Morgan fingerprint density at radius 2 is 2.09 bits per heavy atom. The largest absolute Gasteiger partial charge is 0.393 e. The molecule has 3 saturated carbocycles. The number of allylic oxidation sites excluding steroid dienone is 5. The van der Waals surface area contributed by atoms with Gasteiger partial charge in [-0.25, -0.2) is 0 Å². The van der Waals surface area contributed by atoms with Crippen molar-refractivity contribution in [1.29, 1.82) is 0 Å². The number of carbonyl (C=O) groups is 1. The highest BCUT2D eigenvalue weighted by atomic mass is 16.3. The highest BCUT2D eigenvalue weighted by molar-refractivity contribution is 6.01. The quantitative estimate of drug-likeness (QED) is 0.741. The van der Waals surface area contributed by atoms with Crippen LogP contribution in [-0.2, 0) is 4.79 Å². The zero-order valence-corrected chi connectivity index (χ0v) is 14.3. The summed E-state index contributed by atoms with van der Waals surface area (Å²) in [6, 6.07) is 0. The summed E-state index contributed by atoms with van der Waals surface area (Å²) in [5.74, 6) is 2.15. The van der Waals surface area contributed by atoms with E-state index in [0.717, 1.165) is 19.3 Å². The lowest BCUT2D eigenvalue weighted by Gasteiger charge is -2.58. The zero-order valence-electron chi connectivity index (χ0n) is 14.3. The predicted octanol–water partition coefficient (Wildman–Crippen LogP) is 4.07. The Bertz CT molecular complexity index is 615. The molecule has 0 radical (unpaired) electrons. The van der Waals surface area contributed by atoms with E-state index in [9.17, 15) is 9.90 Å². The summed E-state index contributed by atoms with van der Waals surface area (Å²) in [5, 5.41) is 11.1. The molecule has 4 rings (SSSR count). The van der Waals surface area contributed by atoms with Gasteiger partial charge < -0.3 is 5.11 Å². The van der Waals surface area contributed by atoms with Crippen LogP contribution in [0.1, 0.15) is 46.0 Å². The van der Waals surface area contributed by atoms with Crippen molar-refractivity contribution in [2.45, 2.75) is 52.1 Å². The summed E-state index contributed by atoms with van der Waals surface area (Å²) in [6.45, 7) is 8.68. The number of aliphatic hydroxyl groups is 1. The SMILES string of the molecule is C=C[C@H]1CC[C@H]2[C@@H]3CCC4=CC(=O)C=C[C@]4(C)[C@H]3[C@@H](O)C[C@]12C. The van der Waals surface area contributed by atoms with Crippen molar-refractivity contribution >= 4 is 5.78 Å². The lowest BCUT2D eigenvalue weighted by molar-refractivity contribution is -0.116. The average Bonchev–Trinajstić information content (AvgIpc) is 2.83. The number of rotatable bonds is 1. The minimum absolute atomic E-state index is 0.110. The topological polar surface area (TPSA) is 37.3 Å². The molecule has 1 N–H and O–H groups in total. The van der Waals surface area contributed by atoms with Gasteiger partial charge in [0.05, 0.1) is 6.10 Å². The Balaban J connectivity index is 1.75. The number of aliphatic hydroxyl groups excluding tert-OH is 1. The molecule has 0 aromatic rings. The van der Waals surface area contributed by atoms with Crippen LogP contribution in [0.4, 0.5) is 0 Å². The number of ketones is 1. The fourth-order valence-corrected chi connectivity index (χ4v) is 6.75. The molecule has 3 fully saturated rings. The van der Waals surface area contributed by atoms with Gasteiger partial charge in [-0.3, -0.25) is 4.79 Å². The fourth-order valence-electron chi connectivity index (χ4n) is 6.75. The van der Waals surface area contributed by atoms with Gasteiger partial charge in [0.25, 0.3) is 0 Å². The van der Waals surface area contributed by atoms with Crippen LogP contribution in [0.25, 0.3) is 0 Å². The maximum Gasteiger partial charge on any atom is 0.178 e. The van der Waals surface area contributed by atoms with Crippen molar-refractivity contribution in [3.05, 3.63) is 36.5 Å². The Hall–Kier alpha value is -1.15. The Morgan fingerprint density at radius 1 is 1.30 bits per heavy atom. The zero-order chi connectivity index (χ0) is 16.4. The van der Waals surface area contributed by atoms with Crippen LogP contribution in [0, 0.1) is 34.5 Å². The molecule has 0 heterocycles. The maximum absolute atomic E-state index is 11.8. The van der Waals surface area contributed by atoms with Gasteiger partial charge in [-0.1, -0.05) is 31.6 Å². The second-order valence-corrected chi connectivity index (χ2v) is 8.72. The average molecular weight is 312 g/mol. The van der Waals surface area contributed by atoms with E-state index in [1.54, 1.807) is 6.08 Å². The summed E-state index contributed by atoms with van der Waals surface area (Å²) in [4.78, 5) is 11.8. The third kappa shape index (κ3) is 1.94. The normalized spacial score (nSPS) is 51.5. The monoisotopic (exact) mass is 312 g/mol. The second kappa shape index (κ2) is 4.92. The van der Waals surface area contributed by atoms with Crippen molar-refractivity contribution in [1.82, 2.24) is 0 Å². The standard InChI is InChI=1S/C21H28O2/c1-4-13-6-8-17-16-7-5-14-11-15(22)9-10-20(14,2)19(16)18(23)12-21(13,17)3/h4,9-11,13,16-19,23H,1,5-8,12H2,2-3H3/t13-,16-,17-,18-,19+,20-,21+/m0/s1. The third-order valence-electron chi connectivity index (χ3n) is 7.85. The molecule has 0 aromatic heterocycles. The van der Waals surface area contributed by atoms with Crippen LogP contribution < -0.4 is 0 Å². The first kappa shape index (κ1) is 15.4. The first-order chi connectivity index (χ1) is 10.9. The lowest BCUT2D eigenvalue weighted by Crippen LogP contribution is -2.55. The van der Waals surface area contributed by atoms with E-state index in [0.29, 0.717) is 17.8 Å². The Kier molecular flexibility index (Phi) is 3.29. The van der Waals surface area contributed by atoms with Crippen LogP contribution in [-0.4, -0.2) is 17.0 Å². The summed E-state index contributed by atoms with van der Waals surface area (Å²) in [6.07, 6.45) is 13.0. The van der Waals surface area contributed by atoms with Crippen LogP contribution in [0.5, 0.6) is 0 Å². The van der Waals surface area contributed by atoms with Gasteiger partial charge in [0.15, 0.2) is 5.78 Å². The first-order valence-electron chi connectivity index (χ1n) is 9.15. The first-order valence-corrected chi connectivity index (χ1v) is 9.15. The molecular formula is C21H28O2. The molecule has 4 aliphatic carbocycles. The molecule has 124 valence electrons. The van der Waals surface area contributed by atoms with Crippen molar-refractivity contribution in [2.75, 3.05) is 0 Å². The highest BCUT2D eigenvalue weighted by Crippen LogP contribution is 2.66. The van der Waals surface area contributed by atoms with E-state index in [4.69, 9.17) is 0 Å². The van der Waals surface area contributed by atoms with Gasteiger partial charge in [0, 0.05) is 11.3 Å². The number of fused-ring (bicyclic) bond motifs is 5. The smallest absolute Gasteiger partial charge is 0.178 e. The van der Waals surface area contributed by atoms with E-state index in [2.05, 4.69) is 32.6 Å². The van der Waals surface area contributed by atoms with Crippen molar-refractivity contribution in [3.8, 4) is 0 Å².